The molecule has 0 spiro atoms. The van der Waals surface area contributed by atoms with Gasteiger partial charge in [0.25, 0.3) is 0 Å². The summed E-state index contributed by atoms with van der Waals surface area (Å²) in [4.78, 5) is 13.8. The molecule has 7 heteroatoms. The summed E-state index contributed by atoms with van der Waals surface area (Å²) in [5.74, 6) is 3.42. The van der Waals surface area contributed by atoms with Crippen LogP contribution in [-0.2, 0) is 4.79 Å². The first kappa shape index (κ1) is 17.9. The molecule has 5 nitrogen and oxygen atoms in total. The van der Waals surface area contributed by atoms with E-state index < -0.39 is 0 Å². The van der Waals surface area contributed by atoms with E-state index in [2.05, 4.69) is 5.32 Å². The Kier molecular flexibility index (Phi) is 7.71. The number of rotatable bonds is 6. The number of nitrogens with zero attached hydrogens (tertiary/aromatic N) is 1. The molecule has 1 aromatic carbocycles. The van der Waals surface area contributed by atoms with Crippen LogP contribution in [0.15, 0.2) is 24.3 Å². The number of benzene rings is 1. The summed E-state index contributed by atoms with van der Waals surface area (Å²) < 4.78 is 10.7. The smallest absolute Gasteiger partial charge is 0.240 e. The average molecular weight is 333 g/mol. The van der Waals surface area contributed by atoms with Crippen molar-refractivity contribution in [1.29, 1.82) is 0 Å². The molecule has 1 atom stereocenters. The highest BCUT2D eigenvalue weighted by atomic mass is 35.5. The Labute approximate surface area is 135 Å². The predicted octanol–water partition coefficient (Wildman–Crippen LogP) is 1.62. The fraction of sp³-hybridized carbons (Fsp3) is 0.500. The third-order valence-corrected chi connectivity index (χ3v) is 4.09. The molecule has 1 aromatic rings. The lowest BCUT2D eigenvalue weighted by molar-refractivity contribution is -0.131. The molecule has 0 aliphatic carbocycles. The maximum atomic E-state index is 12.0. The van der Waals surface area contributed by atoms with Gasteiger partial charge in [0.2, 0.25) is 5.91 Å². The van der Waals surface area contributed by atoms with Gasteiger partial charge in [0.05, 0.1) is 19.7 Å². The molecule has 0 saturated carbocycles. The number of methoxy groups -OCH3 is 1. The van der Waals surface area contributed by atoms with E-state index in [0.717, 1.165) is 23.1 Å². The van der Waals surface area contributed by atoms with Gasteiger partial charge in [-0.1, -0.05) is 0 Å². The second-order valence-corrected chi connectivity index (χ2v) is 5.59. The molecule has 1 heterocycles. The van der Waals surface area contributed by atoms with Crippen molar-refractivity contribution in [2.45, 2.75) is 6.04 Å². The van der Waals surface area contributed by atoms with E-state index in [1.54, 1.807) is 23.8 Å². The van der Waals surface area contributed by atoms with Gasteiger partial charge in [-0.05, 0) is 24.3 Å². The number of likely N-dealkylation sites (N-methyl/N-ethyl adjacent to an activating group) is 1. The molecule has 0 aromatic heterocycles. The van der Waals surface area contributed by atoms with Gasteiger partial charge in [-0.2, -0.15) is 0 Å². The molecule has 1 unspecified atom stereocenters. The zero-order valence-electron chi connectivity index (χ0n) is 12.2. The van der Waals surface area contributed by atoms with E-state index in [0.29, 0.717) is 13.2 Å². The number of amides is 1. The Hall–Kier alpha value is -1.11. The molecule has 1 aliphatic heterocycles. The Morgan fingerprint density at radius 2 is 2.05 bits per heavy atom. The van der Waals surface area contributed by atoms with Crippen molar-refractivity contribution in [2.24, 2.45) is 0 Å². The highest BCUT2D eigenvalue weighted by Gasteiger charge is 2.25. The van der Waals surface area contributed by atoms with Crippen LogP contribution in [0.4, 0.5) is 0 Å². The first-order valence-electron chi connectivity index (χ1n) is 6.53. The Morgan fingerprint density at radius 3 is 2.62 bits per heavy atom. The van der Waals surface area contributed by atoms with E-state index >= 15 is 0 Å². The lowest BCUT2D eigenvalue weighted by Crippen LogP contribution is -2.44. The minimum absolute atomic E-state index is 0. The Balaban J connectivity index is 0.00000220. The number of ether oxygens (including phenoxy) is 2. The fourth-order valence-corrected chi connectivity index (χ4v) is 2.84. The molecule has 1 N–H and O–H groups in total. The van der Waals surface area contributed by atoms with Crippen LogP contribution in [-0.4, -0.2) is 55.8 Å². The molecule has 118 valence electrons. The molecular formula is C14H21ClN2O3S. The number of carbonyl (C=O) groups excluding carboxylic acids is 1. The van der Waals surface area contributed by atoms with Crippen LogP contribution in [0.1, 0.15) is 0 Å². The SMILES string of the molecule is COc1ccc(OCCN(C)C(=O)C2CSCN2)cc1.Cl. The number of hydrogen-bond donors (Lipinski definition) is 1. The number of thioether (sulfide) groups is 1. The molecule has 1 amide bonds. The highest BCUT2D eigenvalue weighted by molar-refractivity contribution is 7.99. The summed E-state index contributed by atoms with van der Waals surface area (Å²) in [6, 6.07) is 7.37. The van der Waals surface area contributed by atoms with Gasteiger partial charge in [-0.25, -0.2) is 0 Å². The van der Waals surface area contributed by atoms with Gasteiger partial charge in [0, 0.05) is 18.7 Å². The van der Waals surface area contributed by atoms with Crippen molar-refractivity contribution in [3.63, 3.8) is 0 Å². The van der Waals surface area contributed by atoms with E-state index in [1.165, 1.54) is 0 Å². The second-order valence-electron chi connectivity index (χ2n) is 4.56. The maximum Gasteiger partial charge on any atom is 0.240 e. The summed E-state index contributed by atoms with van der Waals surface area (Å²) in [6.45, 7) is 1.06. The van der Waals surface area contributed by atoms with Crippen LogP contribution >= 0.6 is 24.2 Å². The Bertz CT molecular complexity index is 438. The average Bonchev–Trinajstić information content (AvgIpc) is 3.01. The van der Waals surface area contributed by atoms with Gasteiger partial charge in [-0.15, -0.1) is 24.2 Å². The second kappa shape index (κ2) is 9.02. The van der Waals surface area contributed by atoms with Crippen molar-refractivity contribution in [3.8, 4) is 11.5 Å². The van der Waals surface area contributed by atoms with Crippen molar-refractivity contribution in [3.05, 3.63) is 24.3 Å². The Morgan fingerprint density at radius 1 is 1.38 bits per heavy atom. The van der Waals surface area contributed by atoms with Crippen molar-refractivity contribution < 1.29 is 14.3 Å². The molecule has 21 heavy (non-hydrogen) atoms. The quantitative estimate of drug-likeness (QED) is 0.858. The minimum Gasteiger partial charge on any atom is -0.497 e. The lowest BCUT2D eigenvalue weighted by atomic mass is 10.3. The largest absolute Gasteiger partial charge is 0.497 e. The summed E-state index contributed by atoms with van der Waals surface area (Å²) >= 11 is 1.75. The third-order valence-electron chi connectivity index (χ3n) is 3.15. The topological polar surface area (TPSA) is 50.8 Å². The van der Waals surface area contributed by atoms with Crippen molar-refractivity contribution in [1.82, 2.24) is 10.2 Å². The van der Waals surface area contributed by atoms with Gasteiger partial charge in [-0.3, -0.25) is 10.1 Å². The standard InChI is InChI=1S/C14H20N2O3S.ClH/c1-16(14(17)13-9-20-10-15-13)7-8-19-12-5-3-11(18-2)4-6-12;/h3-6,13,15H,7-10H2,1-2H3;1H. The lowest BCUT2D eigenvalue weighted by Gasteiger charge is -2.20. The minimum atomic E-state index is -0.0500. The summed E-state index contributed by atoms with van der Waals surface area (Å²) in [5.41, 5.74) is 0. The van der Waals surface area contributed by atoms with Gasteiger partial charge < -0.3 is 14.4 Å². The molecule has 0 radical (unpaired) electrons. The van der Waals surface area contributed by atoms with Gasteiger partial charge in [0.1, 0.15) is 18.1 Å². The summed E-state index contributed by atoms with van der Waals surface area (Å²) in [6.07, 6.45) is 0. The normalized spacial score (nSPS) is 17.0. The monoisotopic (exact) mass is 332 g/mol. The number of hydrogen-bond acceptors (Lipinski definition) is 5. The maximum absolute atomic E-state index is 12.0. The molecular weight excluding hydrogens is 312 g/mol. The van der Waals surface area contributed by atoms with Crippen LogP contribution in [0.25, 0.3) is 0 Å². The van der Waals surface area contributed by atoms with E-state index in [4.69, 9.17) is 9.47 Å². The summed E-state index contributed by atoms with van der Waals surface area (Å²) in [7, 11) is 3.44. The van der Waals surface area contributed by atoms with E-state index in [9.17, 15) is 4.79 Å². The van der Waals surface area contributed by atoms with E-state index in [1.807, 2.05) is 31.3 Å². The number of halogens is 1. The zero-order valence-corrected chi connectivity index (χ0v) is 13.8. The molecule has 1 aliphatic rings. The van der Waals surface area contributed by atoms with Crippen LogP contribution < -0.4 is 14.8 Å². The van der Waals surface area contributed by atoms with Crippen molar-refractivity contribution >= 4 is 30.1 Å². The van der Waals surface area contributed by atoms with Crippen LogP contribution in [0.3, 0.4) is 0 Å². The predicted molar refractivity (Wildman–Crippen MR) is 87.6 cm³/mol. The van der Waals surface area contributed by atoms with Crippen LogP contribution in [0, 0.1) is 0 Å². The first-order chi connectivity index (χ1) is 9.70. The van der Waals surface area contributed by atoms with Gasteiger partial charge >= 0.3 is 0 Å². The number of nitrogens with one attached hydrogen (secondary N) is 1. The summed E-state index contributed by atoms with van der Waals surface area (Å²) in [5, 5.41) is 3.18. The fourth-order valence-electron chi connectivity index (χ4n) is 1.90. The third kappa shape index (κ3) is 5.30. The van der Waals surface area contributed by atoms with Crippen LogP contribution in [0.2, 0.25) is 0 Å². The molecule has 1 fully saturated rings. The van der Waals surface area contributed by atoms with E-state index in [-0.39, 0.29) is 24.4 Å². The first-order valence-corrected chi connectivity index (χ1v) is 7.69. The van der Waals surface area contributed by atoms with Crippen LogP contribution in [0.5, 0.6) is 11.5 Å². The molecule has 0 bridgehead atoms. The molecule has 2 rings (SSSR count). The molecule has 1 saturated heterocycles. The van der Waals surface area contributed by atoms with Gasteiger partial charge in [0.15, 0.2) is 0 Å². The highest BCUT2D eigenvalue weighted by Crippen LogP contribution is 2.17. The zero-order chi connectivity index (χ0) is 14.4. The van der Waals surface area contributed by atoms with Crippen molar-refractivity contribution in [2.75, 3.05) is 38.9 Å². The number of carbonyl (C=O) groups is 1.